The molecule has 0 radical (unpaired) electrons. The minimum Gasteiger partial charge on any atom is -0.479 e. The SMILES string of the molecule is CCC(N)=O.CCCC(Oc1cccc([N+](=O)[O-])c1C)C(=O)O. The molecular weight excluding hydrogens is 304 g/mol. The van der Waals surface area contributed by atoms with Gasteiger partial charge in [0.1, 0.15) is 5.75 Å². The molecule has 1 unspecified atom stereocenters. The molecule has 0 saturated carbocycles. The maximum absolute atomic E-state index is 11.0. The van der Waals surface area contributed by atoms with Crippen LogP contribution >= 0.6 is 0 Å². The first-order valence-electron chi connectivity index (χ1n) is 7.16. The number of amides is 1. The quantitative estimate of drug-likeness (QED) is 0.584. The number of nitrogens with two attached hydrogens (primary N) is 1. The molecule has 1 rings (SSSR count). The Hall–Kier alpha value is -2.64. The molecule has 128 valence electrons. The van der Waals surface area contributed by atoms with E-state index in [1.165, 1.54) is 18.2 Å². The lowest BCUT2D eigenvalue weighted by Gasteiger charge is -2.15. The highest BCUT2D eigenvalue weighted by Crippen LogP contribution is 2.28. The molecule has 0 aliphatic carbocycles. The predicted molar refractivity (Wildman–Crippen MR) is 84.3 cm³/mol. The van der Waals surface area contributed by atoms with Gasteiger partial charge in [0.25, 0.3) is 5.69 Å². The molecule has 0 aliphatic rings. The number of ether oxygens (including phenoxy) is 1. The Labute approximate surface area is 134 Å². The van der Waals surface area contributed by atoms with Crippen LogP contribution in [0.5, 0.6) is 5.75 Å². The lowest BCUT2D eigenvalue weighted by Crippen LogP contribution is -2.27. The Morgan fingerprint density at radius 3 is 2.35 bits per heavy atom. The minimum atomic E-state index is -1.07. The number of nitro benzene ring substituents is 1. The maximum atomic E-state index is 11.0. The molecule has 0 aromatic heterocycles. The van der Waals surface area contributed by atoms with Gasteiger partial charge in [-0.15, -0.1) is 0 Å². The van der Waals surface area contributed by atoms with Gasteiger partial charge < -0.3 is 15.6 Å². The van der Waals surface area contributed by atoms with Crippen molar-refractivity contribution in [3.63, 3.8) is 0 Å². The summed E-state index contributed by atoms with van der Waals surface area (Å²) < 4.78 is 5.33. The minimum absolute atomic E-state index is 0.0758. The number of carbonyl (C=O) groups excluding carboxylic acids is 1. The molecule has 0 saturated heterocycles. The summed E-state index contributed by atoms with van der Waals surface area (Å²) in [5, 5.41) is 19.7. The van der Waals surface area contributed by atoms with Crippen LogP contribution in [0.2, 0.25) is 0 Å². The number of nitrogens with zero attached hydrogens (tertiary/aromatic N) is 1. The summed E-state index contributed by atoms with van der Waals surface area (Å²) in [4.78, 5) is 30.8. The van der Waals surface area contributed by atoms with E-state index < -0.39 is 17.0 Å². The molecule has 23 heavy (non-hydrogen) atoms. The van der Waals surface area contributed by atoms with Crippen LogP contribution < -0.4 is 10.5 Å². The van der Waals surface area contributed by atoms with Crippen LogP contribution in [-0.4, -0.2) is 28.0 Å². The largest absolute Gasteiger partial charge is 0.479 e. The van der Waals surface area contributed by atoms with E-state index in [1.54, 1.807) is 13.8 Å². The summed E-state index contributed by atoms with van der Waals surface area (Å²) in [5.41, 5.74) is 4.91. The molecule has 0 bridgehead atoms. The Bertz CT molecular complexity index is 559. The van der Waals surface area contributed by atoms with E-state index in [0.29, 0.717) is 24.8 Å². The van der Waals surface area contributed by atoms with Crippen LogP contribution in [0.15, 0.2) is 18.2 Å². The van der Waals surface area contributed by atoms with Gasteiger partial charge in [0, 0.05) is 12.5 Å². The standard InChI is InChI=1S/C12H15NO5.C3H7NO/c1-3-5-11(12(14)15)18-10-7-4-6-9(8(10)2)13(16)17;1-2-3(4)5/h4,6-7,11H,3,5H2,1-2H3,(H,14,15);2H2,1H3,(H2,4,5). The first-order valence-corrected chi connectivity index (χ1v) is 7.16. The Kier molecular flexibility index (Phi) is 8.98. The van der Waals surface area contributed by atoms with Crippen LogP contribution in [0.25, 0.3) is 0 Å². The van der Waals surface area contributed by atoms with E-state index in [-0.39, 0.29) is 17.3 Å². The van der Waals surface area contributed by atoms with Gasteiger partial charge in [-0.3, -0.25) is 14.9 Å². The molecular formula is C15H22N2O6. The number of hydrogen-bond donors (Lipinski definition) is 2. The summed E-state index contributed by atoms with van der Waals surface area (Å²) in [6.07, 6.45) is 0.485. The molecule has 1 aromatic carbocycles. The summed E-state index contributed by atoms with van der Waals surface area (Å²) in [5.74, 6) is -1.07. The number of carboxylic acids is 1. The van der Waals surface area contributed by atoms with Crippen molar-refractivity contribution >= 4 is 17.6 Å². The fraction of sp³-hybridized carbons (Fsp3) is 0.467. The van der Waals surface area contributed by atoms with Crippen molar-refractivity contribution < 1.29 is 24.4 Å². The lowest BCUT2D eigenvalue weighted by molar-refractivity contribution is -0.385. The summed E-state index contributed by atoms with van der Waals surface area (Å²) in [6, 6.07) is 4.37. The lowest BCUT2D eigenvalue weighted by atomic mass is 10.1. The van der Waals surface area contributed by atoms with Crippen molar-refractivity contribution in [2.75, 3.05) is 0 Å². The number of primary amides is 1. The molecule has 0 fully saturated rings. The molecule has 1 atom stereocenters. The number of aliphatic carboxylic acids is 1. The molecule has 0 aliphatic heterocycles. The zero-order valence-electron chi connectivity index (χ0n) is 13.4. The Morgan fingerprint density at radius 1 is 1.39 bits per heavy atom. The number of hydrogen-bond acceptors (Lipinski definition) is 5. The van der Waals surface area contributed by atoms with E-state index in [1.807, 2.05) is 6.92 Å². The van der Waals surface area contributed by atoms with E-state index in [4.69, 9.17) is 9.84 Å². The number of benzene rings is 1. The smallest absolute Gasteiger partial charge is 0.344 e. The summed E-state index contributed by atoms with van der Waals surface area (Å²) in [6.45, 7) is 5.11. The molecule has 3 N–H and O–H groups in total. The monoisotopic (exact) mass is 326 g/mol. The molecule has 0 heterocycles. The van der Waals surface area contributed by atoms with Gasteiger partial charge in [0.2, 0.25) is 5.91 Å². The van der Waals surface area contributed by atoms with Crippen LogP contribution in [0, 0.1) is 17.0 Å². The van der Waals surface area contributed by atoms with Gasteiger partial charge in [-0.05, 0) is 19.4 Å². The molecule has 0 spiro atoms. The van der Waals surface area contributed by atoms with E-state index in [2.05, 4.69) is 5.73 Å². The van der Waals surface area contributed by atoms with E-state index in [9.17, 15) is 19.7 Å². The number of carbonyl (C=O) groups is 2. The average Bonchev–Trinajstić information content (AvgIpc) is 2.48. The average molecular weight is 326 g/mol. The van der Waals surface area contributed by atoms with E-state index >= 15 is 0 Å². The van der Waals surface area contributed by atoms with Gasteiger partial charge in [-0.25, -0.2) is 4.79 Å². The molecule has 1 amide bonds. The van der Waals surface area contributed by atoms with Crippen molar-refractivity contribution in [3.05, 3.63) is 33.9 Å². The maximum Gasteiger partial charge on any atom is 0.344 e. The molecule has 8 heteroatoms. The van der Waals surface area contributed by atoms with Gasteiger partial charge in [-0.2, -0.15) is 0 Å². The zero-order chi connectivity index (χ0) is 18.0. The predicted octanol–water partition coefficient (Wildman–Crippen LogP) is 2.42. The van der Waals surface area contributed by atoms with E-state index in [0.717, 1.165) is 0 Å². The van der Waals surface area contributed by atoms with Crippen molar-refractivity contribution in [2.45, 2.75) is 46.1 Å². The number of rotatable bonds is 7. The summed E-state index contributed by atoms with van der Waals surface area (Å²) in [7, 11) is 0. The summed E-state index contributed by atoms with van der Waals surface area (Å²) >= 11 is 0. The van der Waals surface area contributed by atoms with Crippen molar-refractivity contribution in [3.8, 4) is 5.75 Å². The Morgan fingerprint density at radius 2 is 1.96 bits per heavy atom. The second-order valence-corrected chi connectivity index (χ2v) is 4.71. The molecule has 1 aromatic rings. The van der Waals surface area contributed by atoms with Crippen molar-refractivity contribution in [2.24, 2.45) is 5.73 Å². The van der Waals surface area contributed by atoms with Crippen LogP contribution in [0.1, 0.15) is 38.7 Å². The fourth-order valence-corrected chi connectivity index (χ4v) is 1.58. The van der Waals surface area contributed by atoms with Gasteiger partial charge in [-0.1, -0.05) is 26.3 Å². The van der Waals surface area contributed by atoms with Crippen LogP contribution in [-0.2, 0) is 9.59 Å². The zero-order valence-corrected chi connectivity index (χ0v) is 13.4. The van der Waals surface area contributed by atoms with Crippen LogP contribution in [0.4, 0.5) is 5.69 Å². The normalized spacial score (nSPS) is 10.9. The van der Waals surface area contributed by atoms with Crippen molar-refractivity contribution in [1.82, 2.24) is 0 Å². The highest BCUT2D eigenvalue weighted by atomic mass is 16.6. The topological polar surface area (TPSA) is 133 Å². The third-order valence-corrected chi connectivity index (χ3v) is 2.90. The first kappa shape index (κ1) is 20.4. The molecule has 8 nitrogen and oxygen atoms in total. The third-order valence-electron chi connectivity index (χ3n) is 2.90. The fourth-order valence-electron chi connectivity index (χ4n) is 1.58. The number of nitro groups is 1. The second-order valence-electron chi connectivity index (χ2n) is 4.71. The first-order chi connectivity index (χ1) is 10.7. The highest BCUT2D eigenvalue weighted by molar-refractivity contribution is 5.73. The van der Waals surface area contributed by atoms with Gasteiger partial charge in [0.15, 0.2) is 6.10 Å². The van der Waals surface area contributed by atoms with Gasteiger partial charge >= 0.3 is 5.97 Å². The highest BCUT2D eigenvalue weighted by Gasteiger charge is 2.21. The van der Waals surface area contributed by atoms with Crippen molar-refractivity contribution in [1.29, 1.82) is 0 Å². The van der Waals surface area contributed by atoms with Crippen LogP contribution in [0.3, 0.4) is 0 Å². The van der Waals surface area contributed by atoms with Gasteiger partial charge in [0.05, 0.1) is 10.5 Å². The second kappa shape index (κ2) is 10.1. The Balaban J connectivity index is 0.000000841. The third kappa shape index (κ3) is 7.25. The number of carboxylic acid groups (broad SMARTS) is 1.